The summed E-state index contributed by atoms with van der Waals surface area (Å²) in [5, 5.41) is 7.45. The molecule has 1 aromatic carbocycles. The van der Waals surface area contributed by atoms with E-state index in [0.29, 0.717) is 27.9 Å². The summed E-state index contributed by atoms with van der Waals surface area (Å²) in [6.07, 6.45) is 0. The van der Waals surface area contributed by atoms with Crippen LogP contribution in [0.15, 0.2) is 51.1 Å². The van der Waals surface area contributed by atoms with E-state index in [1.54, 1.807) is 17.5 Å². The second-order valence-corrected chi connectivity index (χ2v) is 9.49. The smallest absolute Gasteiger partial charge is 0.257 e. The van der Waals surface area contributed by atoms with Crippen molar-refractivity contribution in [1.29, 1.82) is 0 Å². The summed E-state index contributed by atoms with van der Waals surface area (Å²) in [5.74, 6) is 0.548. The van der Waals surface area contributed by atoms with Crippen LogP contribution in [0.1, 0.15) is 23.0 Å². The second kappa shape index (κ2) is 8.78. The highest BCUT2D eigenvalue weighted by Gasteiger charge is 2.18. The maximum atomic E-state index is 12.4. The molecule has 0 saturated carbocycles. The van der Waals surface area contributed by atoms with Crippen molar-refractivity contribution < 1.29 is 22.4 Å². The number of sulfonamides is 1. The number of nitrogens with zero attached hydrogens (tertiary/aromatic N) is 2. The van der Waals surface area contributed by atoms with Gasteiger partial charge in [0.1, 0.15) is 11.5 Å². The third kappa shape index (κ3) is 4.93. The maximum Gasteiger partial charge on any atom is 0.257 e. The fourth-order valence-electron chi connectivity index (χ4n) is 2.42. The first-order valence-electron chi connectivity index (χ1n) is 8.80. The molecule has 158 valence electrons. The molecule has 0 radical (unpaired) electrons. The Morgan fingerprint density at radius 3 is 2.47 bits per heavy atom. The Hall–Kier alpha value is -3.02. The van der Waals surface area contributed by atoms with Crippen LogP contribution < -0.4 is 10.6 Å². The van der Waals surface area contributed by atoms with Gasteiger partial charge in [0.2, 0.25) is 15.9 Å². The topological polar surface area (TPSA) is 122 Å². The molecule has 30 heavy (non-hydrogen) atoms. The number of aromatic nitrogens is 1. The lowest BCUT2D eigenvalue weighted by Gasteiger charge is -2.11. The van der Waals surface area contributed by atoms with Crippen LogP contribution >= 0.6 is 11.3 Å². The Balaban J connectivity index is 1.67. The summed E-state index contributed by atoms with van der Waals surface area (Å²) in [6.45, 7) is 1.70. The largest absolute Gasteiger partial charge is 0.458 e. The molecule has 0 aliphatic heterocycles. The molecular weight excluding hydrogens is 428 g/mol. The lowest BCUT2D eigenvalue weighted by molar-refractivity contribution is -0.119. The van der Waals surface area contributed by atoms with Crippen LogP contribution in [0.2, 0.25) is 0 Å². The summed E-state index contributed by atoms with van der Waals surface area (Å²) < 4.78 is 31.0. The van der Waals surface area contributed by atoms with E-state index in [1.165, 1.54) is 56.6 Å². The lowest BCUT2D eigenvalue weighted by Crippen LogP contribution is -2.22. The van der Waals surface area contributed by atoms with Gasteiger partial charge in [0.25, 0.3) is 5.91 Å². The van der Waals surface area contributed by atoms with Crippen molar-refractivity contribution >= 4 is 38.3 Å². The van der Waals surface area contributed by atoms with Gasteiger partial charge < -0.3 is 9.73 Å². The SMILES string of the molecule is CC(=O)NCc1ccc(-c2csc(NC(=O)c3ccc(S(=O)(=O)N(C)C)cc3)n2)o1. The molecular formula is C19H20N4O5S2. The van der Waals surface area contributed by atoms with Crippen molar-refractivity contribution in [3.63, 3.8) is 0 Å². The Labute approximate surface area is 177 Å². The quantitative estimate of drug-likeness (QED) is 0.573. The van der Waals surface area contributed by atoms with Gasteiger partial charge in [-0.05, 0) is 36.4 Å². The van der Waals surface area contributed by atoms with Crippen molar-refractivity contribution in [3.8, 4) is 11.5 Å². The number of thiazole rings is 1. The van der Waals surface area contributed by atoms with E-state index in [0.717, 1.165) is 4.31 Å². The van der Waals surface area contributed by atoms with E-state index >= 15 is 0 Å². The summed E-state index contributed by atoms with van der Waals surface area (Å²) >= 11 is 1.23. The standard InChI is InChI=1S/C19H20N4O5S2/c1-12(24)20-10-14-6-9-17(28-14)16-11-29-19(21-16)22-18(25)13-4-7-15(8-5-13)30(26,27)23(2)3/h4-9,11H,10H2,1-3H3,(H,20,24)(H,21,22,25). The highest BCUT2D eigenvalue weighted by Crippen LogP contribution is 2.27. The fraction of sp³-hybridized carbons (Fsp3) is 0.211. The summed E-state index contributed by atoms with van der Waals surface area (Å²) in [4.78, 5) is 27.9. The normalized spacial score (nSPS) is 11.5. The number of benzene rings is 1. The van der Waals surface area contributed by atoms with Gasteiger partial charge in [-0.3, -0.25) is 14.9 Å². The van der Waals surface area contributed by atoms with Gasteiger partial charge in [-0.1, -0.05) is 0 Å². The van der Waals surface area contributed by atoms with E-state index in [9.17, 15) is 18.0 Å². The minimum Gasteiger partial charge on any atom is -0.458 e. The van der Waals surface area contributed by atoms with Gasteiger partial charge in [-0.15, -0.1) is 11.3 Å². The molecule has 2 aromatic heterocycles. The predicted molar refractivity (Wildman–Crippen MR) is 113 cm³/mol. The Morgan fingerprint density at radius 2 is 1.83 bits per heavy atom. The highest BCUT2D eigenvalue weighted by molar-refractivity contribution is 7.89. The molecule has 0 bridgehead atoms. The molecule has 0 aliphatic rings. The van der Waals surface area contributed by atoms with E-state index in [4.69, 9.17) is 4.42 Å². The number of hydrogen-bond acceptors (Lipinski definition) is 7. The summed E-state index contributed by atoms with van der Waals surface area (Å²) in [7, 11) is -0.670. The van der Waals surface area contributed by atoms with Crippen molar-refractivity contribution in [3.05, 3.63) is 53.1 Å². The molecule has 0 unspecified atom stereocenters. The number of hydrogen-bond donors (Lipinski definition) is 2. The van der Waals surface area contributed by atoms with Gasteiger partial charge in [-0.2, -0.15) is 0 Å². The monoisotopic (exact) mass is 448 g/mol. The second-order valence-electron chi connectivity index (χ2n) is 6.48. The Bertz CT molecular complexity index is 1160. The first-order chi connectivity index (χ1) is 14.2. The van der Waals surface area contributed by atoms with Crippen LogP contribution in [0.3, 0.4) is 0 Å². The number of nitrogens with one attached hydrogen (secondary N) is 2. The molecule has 9 nitrogen and oxygen atoms in total. The van der Waals surface area contributed by atoms with E-state index < -0.39 is 15.9 Å². The van der Waals surface area contributed by atoms with Crippen molar-refractivity contribution in [2.45, 2.75) is 18.4 Å². The van der Waals surface area contributed by atoms with Crippen LogP contribution in [0.5, 0.6) is 0 Å². The van der Waals surface area contributed by atoms with Crippen LogP contribution in [0.4, 0.5) is 5.13 Å². The van der Waals surface area contributed by atoms with Gasteiger partial charge >= 0.3 is 0 Å². The first kappa shape index (κ1) is 21.7. The molecule has 2 heterocycles. The number of carbonyl (C=O) groups is 2. The van der Waals surface area contributed by atoms with E-state index in [-0.39, 0.29) is 17.3 Å². The van der Waals surface area contributed by atoms with Crippen molar-refractivity contribution in [1.82, 2.24) is 14.6 Å². The van der Waals surface area contributed by atoms with Gasteiger partial charge in [0.05, 0.1) is 11.4 Å². The van der Waals surface area contributed by atoms with Crippen molar-refractivity contribution in [2.24, 2.45) is 0 Å². The van der Waals surface area contributed by atoms with Gasteiger partial charge in [0, 0.05) is 32.0 Å². The molecule has 2 N–H and O–H groups in total. The molecule has 2 amide bonds. The predicted octanol–water partition coefficient (Wildman–Crippen LogP) is 2.54. The number of rotatable bonds is 7. The maximum absolute atomic E-state index is 12.4. The molecule has 3 aromatic rings. The van der Waals surface area contributed by atoms with Crippen LogP contribution in [0, 0.1) is 0 Å². The first-order valence-corrected chi connectivity index (χ1v) is 11.1. The van der Waals surface area contributed by atoms with Gasteiger partial charge in [0.15, 0.2) is 10.9 Å². The molecule has 11 heteroatoms. The van der Waals surface area contributed by atoms with Crippen LogP contribution in [-0.2, 0) is 21.4 Å². The lowest BCUT2D eigenvalue weighted by atomic mass is 10.2. The van der Waals surface area contributed by atoms with E-state index in [2.05, 4.69) is 15.6 Å². The van der Waals surface area contributed by atoms with Crippen molar-refractivity contribution in [2.75, 3.05) is 19.4 Å². The minimum absolute atomic E-state index is 0.105. The summed E-state index contributed by atoms with van der Waals surface area (Å²) in [5.41, 5.74) is 0.858. The van der Waals surface area contributed by atoms with E-state index in [1.807, 2.05) is 0 Å². The minimum atomic E-state index is -3.55. The molecule has 0 atom stereocenters. The third-order valence-electron chi connectivity index (χ3n) is 4.05. The molecule has 0 fully saturated rings. The molecule has 0 aliphatic carbocycles. The number of anilines is 1. The Morgan fingerprint density at radius 1 is 1.13 bits per heavy atom. The average Bonchev–Trinajstić information content (AvgIpc) is 3.35. The third-order valence-corrected chi connectivity index (χ3v) is 6.63. The summed E-state index contributed by atoms with van der Waals surface area (Å²) in [6, 6.07) is 9.14. The zero-order chi connectivity index (χ0) is 21.9. The fourth-order valence-corrected chi connectivity index (χ4v) is 4.02. The number of furan rings is 1. The molecule has 0 saturated heterocycles. The highest BCUT2D eigenvalue weighted by atomic mass is 32.2. The molecule has 0 spiro atoms. The average molecular weight is 449 g/mol. The number of carbonyl (C=O) groups excluding carboxylic acids is 2. The van der Waals surface area contributed by atoms with Gasteiger partial charge in [-0.25, -0.2) is 17.7 Å². The van der Waals surface area contributed by atoms with Crippen LogP contribution in [0.25, 0.3) is 11.5 Å². The Kier molecular flexibility index (Phi) is 6.34. The number of amides is 2. The molecule has 3 rings (SSSR count). The van der Waals surface area contributed by atoms with Crippen LogP contribution in [-0.4, -0.2) is 43.6 Å². The zero-order valence-electron chi connectivity index (χ0n) is 16.5. The zero-order valence-corrected chi connectivity index (χ0v) is 18.1.